The minimum atomic E-state index is -3.55. The number of carbonyl (C=O) groups is 1. The zero-order chi connectivity index (χ0) is 20.9. The van der Waals surface area contributed by atoms with Gasteiger partial charge >= 0.3 is 0 Å². The smallest absolute Gasteiger partial charge is 0.254 e. The van der Waals surface area contributed by atoms with Crippen molar-refractivity contribution in [2.24, 2.45) is 0 Å². The maximum Gasteiger partial charge on any atom is 0.254 e. The summed E-state index contributed by atoms with van der Waals surface area (Å²) >= 11 is 1.59. The van der Waals surface area contributed by atoms with Crippen molar-refractivity contribution in [1.29, 1.82) is 0 Å². The quantitative estimate of drug-likeness (QED) is 0.508. The second-order valence-corrected chi connectivity index (χ2v) is 9.46. The first-order chi connectivity index (χ1) is 14.0. The Kier molecular flexibility index (Phi) is 6.89. The molecule has 3 rings (SSSR count). The van der Waals surface area contributed by atoms with Crippen molar-refractivity contribution >= 4 is 27.3 Å². The van der Waals surface area contributed by atoms with Crippen LogP contribution >= 0.6 is 11.3 Å². The molecule has 0 aliphatic rings. The predicted octanol–water partition coefficient (Wildman–Crippen LogP) is 4.21. The molecule has 0 atom stereocenters. The van der Waals surface area contributed by atoms with Gasteiger partial charge in [-0.05, 0) is 41.8 Å². The van der Waals surface area contributed by atoms with Crippen LogP contribution in [0.25, 0.3) is 0 Å². The summed E-state index contributed by atoms with van der Waals surface area (Å²) in [6, 6.07) is 11.9. The second-order valence-electron chi connectivity index (χ2n) is 6.49. The number of amides is 1. The summed E-state index contributed by atoms with van der Waals surface area (Å²) in [5.74, 6) is -0.161. The number of hydrogen-bond acceptors (Lipinski definition) is 5. The highest BCUT2D eigenvalue weighted by Crippen LogP contribution is 2.20. The van der Waals surface area contributed by atoms with E-state index in [1.54, 1.807) is 54.7 Å². The Morgan fingerprint density at radius 2 is 1.76 bits per heavy atom. The van der Waals surface area contributed by atoms with E-state index in [1.165, 1.54) is 16.4 Å². The van der Waals surface area contributed by atoms with Crippen molar-refractivity contribution in [3.8, 4) is 0 Å². The maximum atomic E-state index is 13.1. The van der Waals surface area contributed by atoms with E-state index in [9.17, 15) is 13.2 Å². The molecule has 154 valence electrons. The highest BCUT2D eigenvalue weighted by atomic mass is 32.2. The lowest BCUT2D eigenvalue weighted by molar-refractivity contribution is 0.0731. The van der Waals surface area contributed by atoms with Crippen molar-refractivity contribution in [3.05, 3.63) is 76.4 Å². The van der Waals surface area contributed by atoms with Crippen molar-refractivity contribution < 1.29 is 17.6 Å². The molecule has 6 nitrogen and oxygen atoms in total. The van der Waals surface area contributed by atoms with E-state index in [4.69, 9.17) is 4.42 Å². The number of benzene rings is 1. The number of sulfonamides is 1. The van der Waals surface area contributed by atoms with Crippen LogP contribution in [0.2, 0.25) is 0 Å². The lowest BCUT2D eigenvalue weighted by atomic mass is 10.2. The third-order valence-electron chi connectivity index (χ3n) is 4.61. The van der Waals surface area contributed by atoms with Gasteiger partial charge in [0.15, 0.2) is 0 Å². The van der Waals surface area contributed by atoms with Crippen molar-refractivity contribution in [3.63, 3.8) is 0 Å². The molecule has 29 heavy (non-hydrogen) atoms. The molecule has 3 aromatic rings. The van der Waals surface area contributed by atoms with Crippen LogP contribution in [-0.4, -0.2) is 36.6 Å². The second kappa shape index (κ2) is 9.39. The molecule has 1 aromatic carbocycles. The van der Waals surface area contributed by atoms with E-state index in [1.807, 2.05) is 23.6 Å². The van der Waals surface area contributed by atoms with Crippen LogP contribution in [-0.2, 0) is 23.1 Å². The normalized spacial score (nSPS) is 11.7. The van der Waals surface area contributed by atoms with Crippen LogP contribution in [0.5, 0.6) is 0 Å². The summed E-state index contributed by atoms with van der Waals surface area (Å²) in [5, 5.41) is 1.97. The first-order valence-corrected chi connectivity index (χ1v) is 11.7. The standard InChI is InChI=1S/C21H24N2O4S2/c1-3-23(4-2)29(25,26)20-9-7-18(8-10-20)21(24)22(14-17-11-12-27-16-17)15-19-6-5-13-28-19/h5-13,16H,3-4,14-15H2,1-2H3. The molecule has 0 spiro atoms. The fourth-order valence-corrected chi connectivity index (χ4v) is 5.24. The largest absolute Gasteiger partial charge is 0.472 e. The Bertz CT molecular complexity index is 971. The maximum absolute atomic E-state index is 13.1. The van der Waals surface area contributed by atoms with Gasteiger partial charge in [0, 0.05) is 35.6 Å². The van der Waals surface area contributed by atoms with E-state index in [0.29, 0.717) is 31.7 Å². The molecule has 0 aliphatic heterocycles. The molecule has 0 N–H and O–H groups in total. The van der Waals surface area contributed by atoms with Crippen molar-refractivity contribution in [2.75, 3.05) is 13.1 Å². The number of furan rings is 1. The molecule has 0 saturated heterocycles. The van der Waals surface area contributed by atoms with Gasteiger partial charge in [0.25, 0.3) is 5.91 Å². The predicted molar refractivity (Wildman–Crippen MR) is 113 cm³/mol. The van der Waals surface area contributed by atoms with Crippen molar-refractivity contribution in [1.82, 2.24) is 9.21 Å². The molecule has 0 aliphatic carbocycles. The molecule has 8 heteroatoms. The lowest BCUT2D eigenvalue weighted by Gasteiger charge is -2.22. The molecule has 0 saturated carbocycles. The summed E-state index contributed by atoms with van der Waals surface area (Å²) in [6.07, 6.45) is 3.20. The van der Waals surface area contributed by atoms with Gasteiger partial charge in [0.1, 0.15) is 0 Å². The average molecular weight is 433 g/mol. The van der Waals surface area contributed by atoms with Gasteiger partial charge in [-0.25, -0.2) is 8.42 Å². The summed E-state index contributed by atoms with van der Waals surface area (Å²) in [4.78, 5) is 16.1. The van der Waals surface area contributed by atoms with Crippen LogP contribution in [0.4, 0.5) is 0 Å². The van der Waals surface area contributed by atoms with Crippen LogP contribution in [0.1, 0.15) is 34.6 Å². The fourth-order valence-electron chi connectivity index (χ4n) is 3.06. The zero-order valence-corrected chi connectivity index (χ0v) is 18.1. The first kappa shape index (κ1) is 21.3. The summed E-state index contributed by atoms with van der Waals surface area (Å²) in [6.45, 7) is 5.29. The lowest BCUT2D eigenvalue weighted by Crippen LogP contribution is -2.31. The van der Waals surface area contributed by atoms with Gasteiger partial charge in [-0.1, -0.05) is 19.9 Å². The third-order valence-corrected chi connectivity index (χ3v) is 7.54. The number of nitrogens with zero attached hydrogens (tertiary/aromatic N) is 2. The van der Waals surface area contributed by atoms with E-state index >= 15 is 0 Å². The highest BCUT2D eigenvalue weighted by molar-refractivity contribution is 7.89. The molecular formula is C21H24N2O4S2. The van der Waals surface area contributed by atoms with Crippen LogP contribution in [0.3, 0.4) is 0 Å². The van der Waals surface area contributed by atoms with E-state index < -0.39 is 10.0 Å². The Morgan fingerprint density at radius 1 is 1.03 bits per heavy atom. The molecule has 0 fully saturated rings. The molecule has 0 unspecified atom stereocenters. The molecule has 0 radical (unpaired) electrons. The highest BCUT2D eigenvalue weighted by Gasteiger charge is 2.23. The molecule has 2 heterocycles. The van der Waals surface area contributed by atoms with E-state index in [2.05, 4.69) is 0 Å². The van der Waals surface area contributed by atoms with Gasteiger partial charge < -0.3 is 9.32 Å². The minimum Gasteiger partial charge on any atom is -0.472 e. The minimum absolute atomic E-state index is 0.161. The fraction of sp³-hybridized carbons (Fsp3) is 0.286. The number of carbonyl (C=O) groups excluding carboxylic acids is 1. The molecule has 1 amide bonds. The van der Waals surface area contributed by atoms with Crippen LogP contribution < -0.4 is 0 Å². The first-order valence-electron chi connectivity index (χ1n) is 9.38. The Labute approximate surface area is 175 Å². The SMILES string of the molecule is CCN(CC)S(=O)(=O)c1ccc(C(=O)N(Cc2ccoc2)Cc2cccs2)cc1. The molecule has 0 bridgehead atoms. The average Bonchev–Trinajstić information content (AvgIpc) is 3.42. The van der Waals surface area contributed by atoms with Crippen LogP contribution in [0, 0.1) is 0 Å². The van der Waals surface area contributed by atoms with Crippen LogP contribution in [0.15, 0.2) is 69.7 Å². The Morgan fingerprint density at radius 3 is 2.31 bits per heavy atom. The number of rotatable bonds is 9. The molecule has 2 aromatic heterocycles. The van der Waals surface area contributed by atoms with Gasteiger partial charge in [0.2, 0.25) is 10.0 Å². The number of hydrogen-bond donors (Lipinski definition) is 0. The van der Waals surface area contributed by atoms with Crippen molar-refractivity contribution in [2.45, 2.75) is 31.8 Å². The third kappa shape index (κ3) is 4.95. The number of thiophene rings is 1. The van der Waals surface area contributed by atoms with E-state index in [0.717, 1.165) is 10.4 Å². The summed E-state index contributed by atoms with van der Waals surface area (Å²) < 4.78 is 31.8. The topological polar surface area (TPSA) is 70.8 Å². The van der Waals surface area contributed by atoms with Gasteiger partial charge in [-0.2, -0.15) is 4.31 Å². The monoisotopic (exact) mass is 432 g/mol. The summed E-state index contributed by atoms with van der Waals surface area (Å²) in [7, 11) is -3.55. The van der Waals surface area contributed by atoms with Gasteiger partial charge in [-0.3, -0.25) is 4.79 Å². The Hall–Kier alpha value is -2.42. The molecular weight excluding hydrogens is 408 g/mol. The van der Waals surface area contributed by atoms with Gasteiger partial charge in [-0.15, -0.1) is 11.3 Å². The van der Waals surface area contributed by atoms with Gasteiger partial charge in [0.05, 0.1) is 24.0 Å². The summed E-state index contributed by atoms with van der Waals surface area (Å²) in [5.41, 5.74) is 1.35. The Balaban J connectivity index is 1.83. The zero-order valence-electron chi connectivity index (χ0n) is 16.4. The van der Waals surface area contributed by atoms with E-state index in [-0.39, 0.29) is 10.8 Å².